The zero-order chi connectivity index (χ0) is 18.1. The molecule has 0 radical (unpaired) electrons. The molecule has 0 amide bonds. The van der Waals surface area contributed by atoms with Crippen LogP contribution in [-0.4, -0.2) is 6.66 Å². The smallest absolute Gasteiger partial charge is 0.00383 e. The first-order valence-corrected chi connectivity index (χ1v) is 11.5. The second kappa shape index (κ2) is 10.9. The molecule has 1 aromatic carbocycles. The maximum atomic E-state index is 4.38. The molecule has 0 nitrogen and oxygen atoms in total. The average Bonchev–Trinajstić information content (AvgIpc) is 2.53. The molecule has 1 heteroatoms. The summed E-state index contributed by atoms with van der Waals surface area (Å²) in [5.74, 6) is 1.34. The number of benzene rings is 1. The Labute approximate surface area is 152 Å². The van der Waals surface area contributed by atoms with Crippen molar-refractivity contribution in [1.82, 2.24) is 0 Å². The molecule has 0 N–H and O–H groups in total. The summed E-state index contributed by atoms with van der Waals surface area (Å²) in [5, 5.41) is 1.47. The zero-order valence-corrected chi connectivity index (χ0v) is 17.5. The highest BCUT2D eigenvalue weighted by molar-refractivity contribution is 7.60. The van der Waals surface area contributed by atoms with Gasteiger partial charge in [-0.3, -0.25) is 0 Å². The highest BCUT2D eigenvalue weighted by Crippen LogP contribution is 2.45. The van der Waals surface area contributed by atoms with Crippen LogP contribution in [0.5, 0.6) is 0 Å². The van der Waals surface area contributed by atoms with Gasteiger partial charge in [-0.1, -0.05) is 97.6 Å². The lowest BCUT2D eigenvalue weighted by molar-refractivity contribution is 0.528. The van der Waals surface area contributed by atoms with Crippen LogP contribution < -0.4 is 0 Å². The molecule has 0 bridgehead atoms. The van der Waals surface area contributed by atoms with Gasteiger partial charge in [-0.2, -0.15) is 0 Å². The molecule has 1 unspecified atom stereocenters. The third-order valence-electron chi connectivity index (χ3n) is 4.70. The van der Waals surface area contributed by atoms with E-state index in [4.69, 9.17) is 0 Å². The van der Waals surface area contributed by atoms with E-state index in [1.54, 1.807) is 0 Å². The predicted octanol–water partition coefficient (Wildman–Crippen LogP) is 8.09. The maximum Gasteiger partial charge on any atom is -0.00383 e. The van der Waals surface area contributed by atoms with E-state index in [0.29, 0.717) is 5.92 Å². The summed E-state index contributed by atoms with van der Waals surface area (Å²) in [6.07, 6.45) is 7.75. The monoisotopic (exact) mass is 344 g/mol. The van der Waals surface area contributed by atoms with Gasteiger partial charge in [0, 0.05) is 0 Å². The first kappa shape index (κ1) is 21.2. The van der Waals surface area contributed by atoms with Crippen molar-refractivity contribution in [1.29, 1.82) is 0 Å². The van der Waals surface area contributed by atoms with Crippen LogP contribution in [0.15, 0.2) is 42.7 Å². The van der Waals surface area contributed by atoms with E-state index in [1.807, 2.05) is 0 Å². The standard InChI is InChI=1S/C23H37P/c1-18(2)12-9-8-10-13-20(5)24(7)17-22-14-11-15-23(16-22)21(6)19(3)4/h11,14-16,18-19H,5-6,8-10,12-13,17H2,1-4,7H3. The lowest BCUT2D eigenvalue weighted by Gasteiger charge is -2.17. The molecular formula is C23H37P. The molecule has 0 aliphatic carbocycles. The number of unbranched alkanes of at least 4 members (excludes halogenated alkanes) is 2. The minimum Gasteiger partial charge on any atom is -0.0954 e. The van der Waals surface area contributed by atoms with Gasteiger partial charge in [0.1, 0.15) is 0 Å². The SMILES string of the molecule is C=C(c1cccc(CP(C)C(=C)CCCCCC(C)C)c1)C(C)C. The summed E-state index contributed by atoms with van der Waals surface area (Å²) in [6, 6.07) is 8.95. The van der Waals surface area contributed by atoms with Crippen LogP contribution in [0.2, 0.25) is 0 Å². The molecule has 0 saturated carbocycles. The number of allylic oxidation sites excluding steroid dienone is 2. The fourth-order valence-electron chi connectivity index (χ4n) is 2.84. The summed E-state index contributed by atoms with van der Waals surface area (Å²) in [5.41, 5.74) is 3.97. The largest absolute Gasteiger partial charge is 0.0954 e. The van der Waals surface area contributed by atoms with E-state index in [-0.39, 0.29) is 7.92 Å². The lowest BCUT2D eigenvalue weighted by Crippen LogP contribution is -1.94. The van der Waals surface area contributed by atoms with Crippen molar-refractivity contribution in [2.45, 2.75) is 66.0 Å². The van der Waals surface area contributed by atoms with Gasteiger partial charge in [-0.05, 0) is 54.2 Å². The van der Waals surface area contributed by atoms with Crippen LogP contribution in [-0.2, 0) is 6.16 Å². The molecule has 1 rings (SSSR count). The zero-order valence-electron chi connectivity index (χ0n) is 16.6. The molecule has 0 heterocycles. The first-order chi connectivity index (χ1) is 11.3. The third kappa shape index (κ3) is 7.80. The van der Waals surface area contributed by atoms with Crippen LogP contribution >= 0.6 is 7.92 Å². The van der Waals surface area contributed by atoms with E-state index in [0.717, 1.165) is 12.1 Å². The van der Waals surface area contributed by atoms with Gasteiger partial charge in [-0.15, -0.1) is 0 Å². The second-order valence-electron chi connectivity index (χ2n) is 7.80. The van der Waals surface area contributed by atoms with Gasteiger partial charge < -0.3 is 0 Å². The Morgan fingerprint density at radius 3 is 2.38 bits per heavy atom. The van der Waals surface area contributed by atoms with Crippen molar-refractivity contribution in [3.63, 3.8) is 0 Å². The quantitative estimate of drug-likeness (QED) is 0.281. The van der Waals surface area contributed by atoms with E-state index < -0.39 is 0 Å². The fraction of sp³-hybridized carbons (Fsp3) is 0.565. The Morgan fingerprint density at radius 2 is 1.75 bits per heavy atom. The van der Waals surface area contributed by atoms with Gasteiger partial charge in [0.15, 0.2) is 0 Å². The van der Waals surface area contributed by atoms with Crippen molar-refractivity contribution < 1.29 is 0 Å². The molecule has 0 aliphatic rings. The van der Waals surface area contributed by atoms with Gasteiger partial charge >= 0.3 is 0 Å². The first-order valence-electron chi connectivity index (χ1n) is 9.48. The molecular weight excluding hydrogens is 307 g/mol. The van der Waals surface area contributed by atoms with Crippen molar-refractivity contribution in [3.05, 3.63) is 53.9 Å². The number of rotatable bonds is 11. The Hall–Kier alpha value is -0.870. The van der Waals surface area contributed by atoms with Crippen LogP contribution in [0.3, 0.4) is 0 Å². The molecule has 0 aromatic heterocycles. The van der Waals surface area contributed by atoms with Crippen LogP contribution in [0.4, 0.5) is 0 Å². The molecule has 0 aliphatic heterocycles. The average molecular weight is 345 g/mol. The molecule has 0 spiro atoms. The molecule has 24 heavy (non-hydrogen) atoms. The normalized spacial score (nSPS) is 12.6. The van der Waals surface area contributed by atoms with Gasteiger partial charge in [0.25, 0.3) is 0 Å². The predicted molar refractivity (Wildman–Crippen MR) is 114 cm³/mol. The third-order valence-corrected chi connectivity index (χ3v) is 6.84. The highest BCUT2D eigenvalue weighted by Gasteiger charge is 2.09. The molecule has 0 fully saturated rings. The minimum absolute atomic E-state index is 0.122. The topological polar surface area (TPSA) is 0 Å². The van der Waals surface area contributed by atoms with Gasteiger partial charge in [-0.25, -0.2) is 0 Å². The molecule has 134 valence electrons. The Balaban J connectivity index is 2.46. The summed E-state index contributed by atoms with van der Waals surface area (Å²) in [4.78, 5) is 0. The summed E-state index contributed by atoms with van der Waals surface area (Å²) in [7, 11) is -0.122. The van der Waals surface area contributed by atoms with Crippen LogP contribution in [0.1, 0.15) is 70.9 Å². The van der Waals surface area contributed by atoms with E-state index in [2.05, 4.69) is 71.8 Å². The Kier molecular flexibility index (Phi) is 9.60. The van der Waals surface area contributed by atoms with Crippen molar-refractivity contribution in [3.8, 4) is 0 Å². The molecule has 0 saturated heterocycles. The summed E-state index contributed by atoms with van der Waals surface area (Å²) in [6.45, 7) is 20.0. The van der Waals surface area contributed by atoms with E-state index in [1.165, 1.54) is 54.1 Å². The van der Waals surface area contributed by atoms with Gasteiger partial charge in [0.2, 0.25) is 0 Å². The van der Waals surface area contributed by atoms with Crippen LogP contribution in [0.25, 0.3) is 5.57 Å². The Bertz CT molecular complexity index is 525. The highest BCUT2D eigenvalue weighted by atomic mass is 31.1. The van der Waals surface area contributed by atoms with E-state index >= 15 is 0 Å². The van der Waals surface area contributed by atoms with Crippen LogP contribution in [0, 0.1) is 11.8 Å². The Morgan fingerprint density at radius 1 is 1.04 bits per heavy atom. The molecule has 1 aromatic rings. The van der Waals surface area contributed by atoms with Gasteiger partial charge in [0.05, 0.1) is 0 Å². The van der Waals surface area contributed by atoms with Crippen molar-refractivity contribution in [2.75, 3.05) is 6.66 Å². The summed E-state index contributed by atoms with van der Waals surface area (Å²) >= 11 is 0. The fourth-order valence-corrected chi connectivity index (χ4v) is 4.35. The van der Waals surface area contributed by atoms with Crippen molar-refractivity contribution in [2.24, 2.45) is 11.8 Å². The lowest BCUT2D eigenvalue weighted by atomic mass is 9.96. The van der Waals surface area contributed by atoms with Crippen molar-refractivity contribution >= 4 is 13.5 Å². The minimum atomic E-state index is -0.122. The number of hydrogen-bond acceptors (Lipinski definition) is 0. The number of hydrogen-bond donors (Lipinski definition) is 0. The molecule has 1 atom stereocenters. The summed E-state index contributed by atoms with van der Waals surface area (Å²) < 4.78 is 0. The second-order valence-corrected chi connectivity index (χ2v) is 10.1. The maximum absolute atomic E-state index is 4.38. The van der Waals surface area contributed by atoms with E-state index in [9.17, 15) is 0 Å².